The lowest BCUT2D eigenvalue weighted by Crippen LogP contribution is -2.47. The van der Waals surface area contributed by atoms with Crippen LogP contribution >= 0.6 is 0 Å². The summed E-state index contributed by atoms with van der Waals surface area (Å²) in [7, 11) is 1.66. The first kappa shape index (κ1) is 20.2. The van der Waals surface area contributed by atoms with Gasteiger partial charge in [0.05, 0.1) is 12.7 Å². The number of anilines is 4. The first-order chi connectivity index (χ1) is 15.2. The number of nitrogens with zero attached hydrogens (tertiary/aromatic N) is 5. The third kappa shape index (κ3) is 4.58. The molecular weight excluding hydrogens is 396 g/mol. The number of ether oxygens (including phenoxy) is 1. The Labute approximate surface area is 180 Å². The Morgan fingerprint density at radius 3 is 2.48 bits per heavy atom. The smallest absolute Gasteiger partial charge is 0.271 e. The van der Waals surface area contributed by atoms with Gasteiger partial charge >= 0.3 is 0 Å². The highest BCUT2D eigenvalue weighted by molar-refractivity contribution is 5.94. The number of rotatable bonds is 6. The number of hydrogen-bond acceptors (Lipinski definition) is 9. The number of aromatic nitrogens is 3. The van der Waals surface area contributed by atoms with E-state index in [9.17, 15) is 4.79 Å². The van der Waals surface area contributed by atoms with Crippen molar-refractivity contribution < 1.29 is 9.53 Å². The van der Waals surface area contributed by atoms with Crippen molar-refractivity contribution in [2.24, 2.45) is 0 Å². The normalized spacial score (nSPS) is 13.6. The highest BCUT2D eigenvalue weighted by Gasteiger charge is 2.22. The summed E-state index contributed by atoms with van der Waals surface area (Å²) in [6, 6.07) is 11.4. The summed E-state index contributed by atoms with van der Waals surface area (Å²) < 4.78 is 5.23. The van der Waals surface area contributed by atoms with Crippen molar-refractivity contribution >= 4 is 28.9 Å². The highest BCUT2D eigenvalue weighted by Crippen LogP contribution is 2.28. The van der Waals surface area contributed by atoms with E-state index in [1.807, 2.05) is 12.1 Å². The van der Waals surface area contributed by atoms with Crippen LogP contribution in [-0.2, 0) is 0 Å². The van der Waals surface area contributed by atoms with E-state index in [4.69, 9.17) is 10.5 Å². The third-order valence-corrected chi connectivity index (χ3v) is 5.10. The van der Waals surface area contributed by atoms with E-state index in [1.165, 1.54) is 12.5 Å². The topological polar surface area (TPSA) is 122 Å². The van der Waals surface area contributed by atoms with Crippen molar-refractivity contribution in [1.82, 2.24) is 20.4 Å². The molecular formula is C21H24N8O2. The maximum absolute atomic E-state index is 12.2. The Kier molecular flexibility index (Phi) is 5.97. The van der Waals surface area contributed by atoms with Crippen LogP contribution in [0.2, 0.25) is 0 Å². The molecule has 3 heterocycles. The van der Waals surface area contributed by atoms with E-state index >= 15 is 0 Å². The average Bonchev–Trinajstić information content (AvgIpc) is 2.84. The second-order valence-electron chi connectivity index (χ2n) is 6.95. The minimum atomic E-state index is -0.333. The number of piperazine rings is 1. The van der Waals surface area contributed by atoms with Gasteiger partial charge in [0.1, 0.15) is 17.8 Å². The third-order valence-electron chi connectivity index (χ3n) is 5.10. The van der Waals surface area contributed by atoms with Gasteiger partial charge in [-0.05, 0) is 36.4 Å². The Balaban J connectivity index is 1.38. The molecule has 0 atom stereocenters. The Hall–Kier alpha value is -4.08. The fourth-order valence-electron chi connectivity index (χ4n) is 3.39. The number of nitrogens with one attached hydrogen (secondary N) is 2. The lowest BCUT2D eigenvalue weighted by molar-refractivity contribution is 0.0962. The monoisotopic (exact) mass is 420 g/mol. The average molecular weight is 420 g/mol. The first-order valence-electron chi connectivity index (χ1n) is 9.86. The van der Waals surface area contributed by atoms with Crippen molar-refractivity contribution in [3.8, 4) is 5.75 Å². The molecule has 2 aromatic heterocycles. The predicted molar refractivity (Wildman–Crippen MR) is 119 cm³/mol. The first-order valence-corrected chi connectivity index (χ1v) is 9.86. The summed E-state index contributed by atoms with van der Waals surface area (Å²) in [4.78, 5) is 29.1. The van der Waals surface area contributed by atoms with Gasteiger partial charge in [0, 0.05) is 44.3 Å². The minimum absolute atomic E-state index is 0.333. The van der Waals surface area contributed by atoms with Crippen molar-refractivity contribution in [2.75, 3.05) is 54.2 Å². The van der Waals surface area contributed by atoms with Crippen LogP contribution in [0, 0.1) is 0 Å². The van der Waals surface area contributed by atoms with Gasteiger partial charge in [-0.1, -0.05) is 0 Å². The minimum Gasteiger partial charge on any atom is -0.497 e. The quantitative estimate of drug-likeness (QED) is 0.510. The number of pyridine rings is 1. The van der Waals surface area contributed by atoms with Crippen LogP contribution in [0.4, 0.5) is 23.0 Å². The fourth-order valence-corrected chi connectivity index (χ4v) is 3.39. The second-order valence-corrected chi connectivity index (χ2v) is 6.95. The van der Waals surface area contributed by atoms with Gasteiger partial charge in [0.2, 0.25) is 0 Å². The maximum Gasteiger partial charge on any atom is 0.271 e. The number of carbonyl (C=O) groups is 1. The Bertz CT molecular complexity index is 1020. The molecule has 3 aromatic rings. The van der Waals surface area contributed by atoms with E-state index in [0.717, 1.165) is 37.6 Å². The van der Waals surface area contributed by atoms with Gasteiger partial charge in [-0.25, -0.2) is 9.97 Å². The van der Waals surface area contributed by atoms with E-state index in [-0.39, 0.29) is 5.91 Å². The summed E-state index contributed by atoms with van der Waals surface area (Å²) in [5.41, 5.74) is 13.6. The molecule has 0 bridgehead atoms. The molecule has 1 aliphatic heterocycles. The molecule has 1 aromatic carbocycles. The lowest BCUT2D eigenvalue weighted by Gasteiger charge is -2.37. The maximum atomic E-state index is 12.2. The van der Waals surface area contributed by atoms with E-state index in [0.29, 0.717) is 22.9 Å². The van der Waals surface area contributed by atoms with Crippen LogP contribution in [-0.4, -0.2) is 54.1 Å². The largest absolute Gasteiger partial charge is 0.497 e. The number of nitrogen functional groups attached to an aromatic ring is 1. The molecule has 160 valence electrons. The zero-order valence-corrected chi connectivity index (χ0v) is 17.2. The van der Waals surface area contributed by atoms with Crippen LogP contribution in [0.3, 0.4) is 0 Å². The molecule has 0 saturated carbocycles. The number of nitrogens with two attached hydrogens (primary N) is 1. The molecule has 0 radical (unpaired) electrons. The number of carbonyl (C=O) groups excluding carboxylic acids is 1. The van der Waals surface area contributed by atoms with Gasteiger partial charge in [-0.3, -0.25) is 20.6 Å². The zero-order chi connectivity index (χ0) is 21.6. The van der Waals surface area contributed by atoms with Crippen LogP contribution in [0.15, 0.2) is 55.1 Å². The SMILES string of the molecule is COc1ccc(N2CCN(c3ncnc(NNC(=O)c4cccnc4)c3N)CC2)cc1. The van der Waals surface area contributed by atoms with Gasteiger partial charge in [-0.2, -0.15) is 0 Å². The summed E-state index contributed by atoms with van der Waals surface area (Å²) in [5.74, 6) is 1.50. The summed E-state index contributed by atoms with van der Waals surface area (Å²) in [6.45, 7) is 3.18. The molecule has 0 aliphatic carbocycles. The Morgan fingerprint density at radius 2 is 1.81 bits per heavy atom. The number of amides is 1. The number of hydrazine groups is 1. The molecule has 1 aliphatic rings. The molecule has 31 heavy (non-hydrogen) atoms. The standard InChI is InChI=1S/C21H24N8O2/c1-31-17-6-4-16(5-7-17)28-9-11-29(12-10-28)20-18(22)19(24-14-25-20)26-27-21(30)15-3-2-8-23-13-15/h2-8,13-14H,9-12,22H2,1H3,(H,27,30)(H,24,25,26). The lowest BCUT2D eigenvalue weighted by atomic mass is 10.2. The van der Waals surface area contributed by atoms with Crippen molar-refractivity contribution in [1.29, 1.82) is 0 Å². The number of hydrogen-bond donors (Lipinski definition) is 3. The fraction of sp³-hybridized carbons (Fsp3) is 0.238. The zero-order valence-electron chi connectivity index (χ0n) is 17.2. The van der Waals surface area contributed by atoms with E-state index < -0.39 is 0 Å². The van der Waals surface area contributed by atoms with Crippen LogP contribution in [0.25, 0.3) is 0 Å². The molecule has 1 amide bonds. The van der Waals surface area contributed by atoms with Crippen LogP contribution in [0.1, 0.15) is 10.4 Å². The molecule has 10 heteroatoms. The van der Waals surface area contributed by atoms with Gasteiger partial charge in [0.15, 0.2) is 11.6 Å². The van der Waals surface area contributed by atoms with Gasteiger partial charge < -0.3 is 20.3 Å². The van der Waals surface area contributed by atoms with E-state index in [2.05, 4.69) is 47.7 Å². The van der Waals surface area contributed by atoms with Crippen LogP contribution in [0.5, 0.6) is 5.75 Å². The summed E-state index contributed by atoms with van der Waals surface area (Å²) >= 11 is 0. The number of methoxy groups -OCH3 is 1. The molecule has 0 spiro atoms. The molecule has 4 N–H and O–H groups in total. The second kappa shape index (κ2) is 9.16. The summed E-state index contributed by atoms with van der Waals surface area (Å²) in [5, 5.41) is 0. The Morgan fingerprint density at radius 1 is 1.06 bits per heavy atom. The van der Waals surface area contributed by atoms with Crippen LogP contribution < -0.4 is 31.1 Å². The van der Waals surface area contributed by atoms with Gasteiger partial charge in [0.25, 0.3) is 5.91 Å². The summed E-state index contributed by atoms with van der Waals surface area (Å²) in [6.07, 6.45) is 4.52. The number of benzene rings is 1. The van der Waals surface area contributed by atoms with E-state index in [1.54, 1.807) is 25.4 Å². The molecule has 1 saturated heterocycles. The van der Waals surface area contributed by atoms with Crippen molar-refractivity contribution in [3.05, 3.63) is 60.7 Å². The molecule has 4 rings (SSSR count). The molecule has 1 fully saturated rings. The molecule has 0 unspecified atom stereocenters. The molecule has 10 nitrogen and oxygen atoms in total. The highest BCUT2D eigenvalue weighted by atomic mass is 16.5. The van der Waals surface area contributed by atoms with Crippen molar-refractivity contribution in [3.63, 3.8) is 0 Å². The van der Waals surface area contributed by atoms with Crippen molar-refractivity contribution in [2.45, 2.75) is 0 Å². The van der Waals surface area contributed by atoms with Gasteiger partial charge in [-0.15, -0.1) is 0 Å². The predicted octanol–water partition coefficient (Wildman–Crippen LogP) is 1.55.